The number of nitrogens with one attached hydrogen (secondary N) is 2. The largest absolute Gasteiger partial charge is 0.493 e. The van der Waals surface area contributed by atoms with E-state index in [2.05, 4.69) is 31.5 Å². The lowest BCUT2D eigenvalue weighted by Crippen LogP contribution is -2.41. The molecule has 0 aliphatic rings. The van der Waals surface area contributed by atoms with E-state index in [0.717, 1.165) is 10.9 Å². The number of rotatable bonds is 4. The van der Waals surface area contributed by atoms with Crippen LogP contribution in [0, 0.1) is 0 Å². The van der Waals surface area contributed by atoms with Crippen LogP contribution < -0.4 is 15.6 Å². The van der Waals surface area contributed by atoms with E-state index in [4.69, 9.17) is 4.74 Å². The molecule has 0 heterocycles. The maximum absolute atomic E-state index is 11.9. The Balaban J connectivity index is 2.81. The van der Waals surface area contributed by atoms with Crippen molar-refractivity contribution in [1.82, 2.24) is 10.9 Å². The third-order valence-corrected chi connectivity index (χ3v) is 2.60. The third-order valence-electron chi connectivity index (χ3n) is 2.11. The van der Waals surface area contributed by atoms with E-state index in [1.165, 1.54) is 7.11 Å². The topological polar surface area (TPSA) is 76.7 Å². The zero-order chi connectivity index (χ0) is 14.3. The number of carbonyl (C=O) groups excluding carboxylic acids is 2. The Morgan fingerprint density at radius 2 is 2.05 bits per heavy atom. The average Bonchev–Trinajstić information content (AvgIpc) is 2.42. The van der Waals surface area contributed by atoms with Crippen molar-refractivity contribution in [3.8, 4) is 5.75 Å². The van der Waals surface area contributed by atoms with Crippen LogP contribution >= 0.6 is 15.9 Å². The summed E-state index contributed by atoms with van der Waals surface area (Å²) in [7, 11) is 1.20. The Hall–Kier alpha value is -1.76. The summed E-state index contributed by atoms with van der Waals surface area (Å²) < 4.78 is 10.6. The molecule has 0 aliphatic heterocycles. The van der Waals surface area contributed by atoms with E-state index in [9.17, 15) is 9.59 Å². The highest BCUT2D eigenvalue weighted by atomic mass is 79.9. The molecule has 0 atom stereocenters. The summed E-state index contributed by atoms with van der Waals surface area (Å²) in [4.78, 5) is 22.8. The molecule has 2 amide bonds. The van der Waals surface area contributed by atoms with E-state index in [1.54, 1.807) is 18.2 Å². The molecule has 1 aromatic carbocycles. The monoisotopic (exact) mass is 330 g/mol. The first-order valence-electron chi connectivity index (χ1n) is 5.65. The highest BCUT2D eigenvalue weighted by Gasteiger charge is 2.14. The zero-order valence-electron chi connectivity index (χ0n) is 10.7. The van der Waals surface area contributed by atoms with Crippen molar-refractivity contribution in [2.75, 3.05) is 13.7 Å². The van der Waals surface area contributed by atoms with Crippen molar-refractivity contribution in [2.24, 2.45) is 0 Å². The summed E-state index contributed by atoms with van der Waals surface area (Å²) in [5.74, 6) is -0.0352. The quantitative estimate of drug-likeness (QED) is 0.830. The van der Waals surface area contributed by atoms with E-state index < -0.39 is 12.0 Å². The zero-order valence-corrected chi connectivity index (χ0v) is 12.2. The van der Waals surface area contributed by atoms with Crippen molar-refractivity contribution < 1.29 is 19.1 Å². The summed E-state index contributed by atoms with van der Waals surface area (Å²) in [6, 6.07) is 5.07. The first kappa shape index (κ1) is 15.3. The van der Waals surface area contributed by atoms with Crippen molar-refractivity contribution in [3.05, 3.63) is 28.2 Å². The second kappa shape index (κ2) is 7.63. The first-order valence-corrected chi connectivity index (χ1v) is 6.44. The Kier molecular flexibility index (Phi) is 6.14. The predicted octanol–water partition coefficient (Wildman–Crippen LogP) is 2.24. The highest BCUT2D eigenvalue weighted by Crippen LogP contribution is 2.23. The molecule has 0 bridgehead atoms. The van der Waals surface area contributed by atoms with Crippen LogP contribution in [0.1, 0.15) is 23.7 Å². The van der Waals surface area contributed by atoms with Gasteiger partial charge in [-0.3, -0.25) is 10.2 Å². The molecular weight excluding hydrogens is 316 g/mol. The number of hydrazine groups is 1. The number of hydrogen-bond donors (Lipinski definition) is 2. The second-order valence-corrected chi connectivity index (χ2v) is 4.48. The maximum Gasteiger partial charge on any atom is 0.425 e. The molecule has 104 valence electrons. The minimum absolute atomic E-state index is 0.319. The number of halogens is 1. The van der Waals surface area contributed by atoms with Crippen LogP contribution in [0.4, 0.5) is 4.79 Å². The molecule has 0 saturated heterocycles. The van der Waals surface area contributed by atoms with E-state index >= 15 is 0 Å². The molecule has 7 heteroatoms. The molecule has 0 spiro atoms. The van der Waals surface area contributed by atoms with Gasteiger partial charge in [0.1, 0.15) is 5.75 Å². The molecule has 1 rings (SSSR count). The number of methoxy groups -OCH3 is 1. The summed E-state index contributed by atoms with van der Waals surface area (Å²) in [5.41, 5.74) is 4.65. The summed E-state index contributed by atoms with van der Waals surface area (Å²) in [5, 5.41) is 0. The molecular formula is C12H15BrN2O4. The number of benzene rings is 1. The molecule has 6 nitrogen and oxygen atoms in total. The van der Waals surface area contributed by atoms with Gasteiger partial charge in [-0.05, 0) is 24.6 Å². The van der Waals surface area contributed by atoms with Crippen LogP contribution in [0.25, 0.3) is 0 Å². The van der Waals surface area contributed by atoms with Crippen LogP contribution in [-0.2, 0) is 4.74 Å². The molecule has 0 saturated carbocycles. The van der Waals surface area contributed by atoms with Gasteiger partial charge in [-0.25, -0.2) is 10.2 Å². The van der Waals surface area contributed by atoms with Crippen molar-refractivity contribution in [1.29, 1.82) is 0 Å². The first-order chi connectivity index (χ1) is 9.08. The van der Waals surface area contributed by atoms with Gasteiger partial charge in [0.25, 0.3) is 5.91 Å². The molecule has 0 aromatic heterocycles. The average molecular weight is 331 g/mol. The third kappa shape index (κ3) is 4.78. The highest BCUT2D eigenvalue weighted by molar-refractivity contribution is 9.10. The van der Waals surface area contributed by atoms with E-state index in [0.29, 0.717) is 17.9 Å². The van der Waals surface area contributed by atoms with Gasteiger partial charge >= 0.3 is 6.09 Å². The van der Waals surface area contributed by atoms with Gasteiger partial charge in [-0.15, -0.1) is 0 Å². The molecule has 0 unspecified atom stereocenters. The van der Waals surface area contributed by atoms with Gasteiger partial charge in [0, 0.05) is 4.47 Å². The SMILES string of the molecule is CCCOc1ccc(Br)cc1C(=O)NNC(=O)OC. The molecule has 19 heavy (non-hydrogen) atoms. The lowest BCUT2D eigenvalue weighted by atomic mass is 10.2. The van der Waals surface area contributed by atoms with Crippen molar-refractivity contribution in [3.63, 3.8) is 0 Å². The fourth-order valence-corrected chi connectivity index (χ4v) is 1.60. The van der Waals surface area contributed by atoms with Gasteiger partial charge < -0.3 is 9.47 Å². The van der Waals surface area contributed by atoms with Crippen molar-refractivity contribution in [2.45, 2.75) is 13.3 Å². The molecule has 0 radical (unpaired) electrons. The Morgan fingerprint density at radius 3 is 2.68 bits per heavy atom. The lowest BCUT2D eigenvalue weighted by molar-refractivity contribution is 0.0916. The van der Waals surface area contributed by atoms with Crippen LogP contribution in [0.3, 0.4) is 0 Å². The lowest BCUT2D eigenvalue weighted by Gasteiger charge is -2.11. The number of amides is 2. The summed E-state index contributed by atoms with van der Waals surface area (Å²) in [6.07, 6.45) is 0.0803. The standard InChI is InChI=1S/C12H15BrN2O4/c1-3-6-19-10-5-4-8(13)7-9(10)11(16)14-15-12(17)18-2/h4-5,7H,3,6H2,1-2H3,(H,14,16)(H,15,17). The molecule has 0 fully saturated rings. The summed E-state index contributed by atoms with van der Waals surface area (Å²) >= 11 is 3.28. The second-order valence-electron chi connectivity index (χ2n) is 3.56. The number of ether oxygens (including phenoxy) is 2. The summed E-state index contributed by atoms with van der Waals surface area (Å²) in [6.45, 7) is 2.48. The van der Waals surface area contributed by atoms with Gasteiger partial charge in [0.2, 0.25) is 0 Å². The maximum atomic E-state index is 11.9. The van der Waals surface area contributed by atoms with Crippen molar-refractivity contribution >= 4 is 27.9 Å². The van der Waals surface area contributed by atoms with E-state index in [1.807, 2.05) is 6.92 Å². The van der Waals surface area contributed by atoms with Crippen LogP contribution in [-0.4, -0.2) is 25.7 Å². The Labute approximate surface area is 119 Å². The van der Waals surface area contributed by atoms with Crippen LogP contribution in [0.2, 0.25) is 0 Å². The fourth-order valence-electron chi connectivity index (χ4n) is 1.24. The number of hydrogen-bond acceptors (Lipinski definition) is 4. The van der Waals surface area contributed by atoms with Crippen LogP contribution in [0.15, 0.2) is 22.7 Å². The Bertz CT molecular complexity index is 465. The van der Waals surface area contributed by atoms with Gasteiger partial charge in [-0.2, -0.15) is 0 Å². The fraction of sp³-hybridized carbons (Fsp3) is 0.333. The van der Waals surface area contributed by atoms with E-state index in [-0.39, 0.29) is 0 Å². The Morgan fingerprint density at radius 1 is 1.32 bits per heavy atom. The molecule has 2 N–H and O–H groups in total. The van der Waals surface area contributed by atoms with Gasteiger partial charge in [-0.1, -0.05) is 22.9 Å². The van der Waals surface area contributed by atoms with Gasteiger partial charge in [0.15, 0.2) is 0 Å². The normalized spacial score (nSPS) is 9.63. The molecule has 1 aromatic rings. The minimum Gasteiger partial charge on any atom is -0.493 e. The van der Waals surface area contributed by atoms with Gasteiger partial charge in [0.05, 0.1) is 19.3 Å². The molecule has 0 aliphatic carbocycles. The number of carbonyl (C=O) groups is 2. The predicted molar refractivity (Wildman–Crippen MR) is 72.9 cm³/mol. The minimum atomic E-state index is -0.751. The smallest absolute Gasteiger partial charge is 0.425 e. The van der Waals surface area contributed by atoms with Crippen LogP contribution in [0.5, 0.6) is 5.75 Å².